The molecule has 0 bridgehead atoms. The Kier molecular flexibility index (Phi) is 164. The van der Waals surface area contributed by atoms with Crippen LogP contribution in [0.4, 0.5) is 0 Å². The maximum atomic E-state index is 0. The van der Waals surface area contributed by atoms with Gasteiger partial charge in [0, 0.05) is 0 Å². The maximum Gasteiger partial charge on any atom is 2.00 e. The fourth-order valence-electron chi connectivity index (χ4n) is 0. The van der Waals surface area contributed by atoms with Crippen LogP contribution in [-0.4, -0.2) is 136 Å². The monoisotopic (exact) mass is 292 g/mol. The van der Waals surface area contributed by atoms with Crippen LogP contribution in [-0.2, 0) is 0 Å². The molecule has 0 atom stereocenters. The van der Waals surface area contributed by atoms with Crippen LogP contribution in [0, 0.1) is 0 Å². The van der Waals surface area contributed by atoms with E-state index >= 15 is 0 Å². The molecule has 16 valence electrons. The van der Waals surface area contributed by atoms with E-state index in [1.165, 1.54) is 0 Å². The molecule has 0 aromatic rings. The Morgan fingerprint density at radius 3 is 0.400 bits per heavy atom. The molecule has 0 unspecified atom stereocenters. The number of hydrogen-bond donors (Lipinski definition) is 0. The quantitative estimate of drug-likeness (QED) is 0.537. The third-order valence-electron chi connectivity index (χ3n) is 0. The molecule has 5 heteroatoms. The fourth-order valence-corrected chi connectivity index (χ4v) is 0. The second-order valence-corrected chi connectivity index (χ2v) is 0. The summed E-state index contributed by atoms with van der Waals surface area (Å²) in [5.41, 5.74) is 0. The van der Waals surface area contributed by atoms with Crippen molar-refractivity contribution in [3.05, 3.63) is 12.3 Å². The summed E-state index contributed by atoms with van der Waals surface area (Å²) in [6, 6.07) is 0. The molecule has 0 amide bonds. The average molecular weight is 291 g/mol. The van der Waals surface area contributed by atoms with Gasteiger partial charge in [0.15, 0.2) is 0 Å². The summed E-state index contributed by atoms with van der Waals surface area (Å²) in [5, 5.41) is 0. The third kappa shape index (κ3) is 17.8. The predicted octanol–water partition coefficient (Wildman–Crippen LogP) is -0.565. The van der Waals surface area contributed by atoms with E-state index in [0.717, 1.165) is 0 Å². The third-order valence-corrected chi connectivity index (χ3v) is 0. The van der Waals surface area contributed by atoms with Gasteiger partial charge < -0.3 is 12.3 Å². The number of nitrogens with zero attached hydrogens (tertiary/aromatic N) is 2. The van der Waals surface area contributed by atoms with Crippen LogP contribution in [0.3, 0.4) is 0 Å². The summed E-state index contributed by atoms with van der Waals surface area (Å²) in [6.45, 7) is 0. The topological polar surface area (TPSA) is 61.0 Å². The van der Waals surface area contributed by atoms with Gasteiger partial charge in [-0.05, 0) is 0 Å². The average Bonchev–Trinajstić information content (AvgIpc) is 0. The number of hydrogen-bond acceptors (Lipinski definition) is 0. The van der Waals surface area contributed by atoms with Crippen LogP contribution < -0.4 is 0 Å². The molecule has 0 radical (unpaired) electrons. The molecule has 0 aliphatic rings. The SMILES string of the molecule is [N-3].[N-3].[Sr+2].[Sr+2].[Sr+2]. The van der Waals surface area contributed by atoms with Crippen LogP contribution in [0.2, 0.25) is 0 Å². The van der Waals surface area contributed by atoms with E-state index in [4.69, 9.17) is 0 Å². The van der Waals surface area contributed by atoms with E-state index in [0.29, 0.717) is 0 Å². The summed E-state index contributed by atoms with van der Waals surface area (Å²) in [5.74, 6) is 0. The Morgan fingerprint density at radius 2 is 0.400 bits per heavy atom. The molecular formula is N2Sr3. The van der Waals surface area contributed by atoms with Crippen LogP contribution in [0.15, 0.2) is 0 Å². The summed E-state index contributed by atoms with van der Waals surface area (Å²) in [6.07, 6.45) is 0. The van der Waals surface area contributed by atoms with E-state index in [9.17, 15) is 0 Å². The minimum Gasteiger partial charge on any atom is -3.00 e. The molecule has 0 aliphatic carbocycles. The van der Waals surface area contributed by atoms with Gasteiger partial charge in [0.05, 0.1) is 0 Å². The second-order valence-electron chi connectivity index (χ2n) is 0. The zero-order chi connectivity index (χ0) is 0. The van der Waals surface area contributed by atoms with Crippen LogP contribution >= 0.6 is 0 Å². The molecule has 0 aromatic carbocycles. The minimum absolute atomic E-state index is 0. The van der Waals surface area contributed by atoms with E-state index < -0.39 is 0 Å². The van der Waals surface area contributed by atoms with Gasteiger partial charge in [-0.25, -0.2) is 0 Å². The molecular weight excluding hydrogens is 291 g/mol. The van der Waals surface area contributed by atoms with Crippen LogP contribution in [0.25, 0.3) is 12.3 Å². The largest absolute Gasteiger partial charge is 3.00 e. The Morgan fingerprint density at radius 1 is 0.400 bits per heavy atom. The molecule has 0 N–H and O–H groups in total. The summed E-state index contributed by atoms with van der Waals surface area (Å²) in [7, 11) is 0. The fraction of sp³-hybridized carbons (Fsp3) is 0. The summed E-state index contributed by atoms with van der Waals surface area (Å²) >= 11 is 0. The first-order valence-corrected chi connectivity index (χ1v) is 0. The normalized spacial score (nSPS) is 0. The van der Waals surface area contributed by atoms with E-state index in [2.05, 4.69) is 0 Å². The molecule has 0 saturated heterocycles. The van der Waals surface area contributed by atoms with Gasteiger partial charge in [-0.1, -0.05) is 0 Å². The summed E-state index contributed by atoms with van der Waals surface area (Å²) < 4.78 is 0. The molecule has 0 rings (SSSR count). The zero-order valence-corrected chi connectivity index (χ0v) is 13.4. The molecule has 5 heavy (non-hydrogen) atoms. The van der Waals surface area contributed by atoms with E-state index in [-0.39, 0.29) is 149 Å². The minimum atomic E-state index is 0. The van der Waals surface area contributed by atoms with Crippen molar-refractivity contribution in [3.8, 4) is 0 Å². The van der Waals surface area contributed by atoms with E-state index in [1.807, 2.05) is 0 Å². The molecule has 0 saturated carbocycles. The molecule has 0 aliphatic heterocycles. The van der Waals surface area contributed by atoms with Crippen molar-refractivity contribution in [2.45, 2.75) is 0 Å². The summed E-state index contributed by atoms with van der Waals surface area (Å²) in [4.78, 5) is 0. The van der Waals surface area contributed by atoms with Crippen molar-refractivity contribution < 1.29 is 0 Å². The van der Waals surface area contributed by atoms with Gasteiger partial charge in [-0.15, -0.1) is 0 Å². The van der Waals surface area contributed by atoms with Crippen LogP contribution in [0.1, 0.15) is 0 Å². The van der Waals surface area contributed by atoms with Crippen molar-refractivity contribution in [2.24, 2.45) is 0 Å². The van der Waals surface area contributed by atoms with Gasteiger partial charge in [0.25, 0.3) is 0 Å². The van der Waals surface area contributed by atoms with Crippen molar-refractivity contribution in [2.75, 3.05) is 0 Å². The Bertz CT molecular complexity index is 4.85. The first kappa shape index (κ1) is 34.4. The Labute approximate surface area is 144 Å². The molecule has 0 spiro atoms. The number of rotatable bonds is 0. The van der Waals surface area contributed by atoms with Crippen molar-refractivity contribution in [1.29, 1.82) is 0 Å². The predicted molar refractivity (Wildman–Crippen MR) is 24.0 cm³/mol. The molecule has 0 heterocycles. The van der Waals surface area contributed by atoms with Gasteiger partial charge in [0.1, 0.15) is 0 Å². The van der Waals surface area contributed by atoms with Gasteiger partial charge in [-0.3, -0.25) is 0 Å². The Balaban J connectivity index is 0. The standard InChI is InChI=1S/2N.3Sr/q2*-3;3*+2. The first-order valence-electron chi connectivity index (χ1n) is 0. The van der Waals surface area contributed by atoms with Gasteiger partial charge in [0.2, 0.25) is 0 Å². The second kappa shape index (κ2) is 23.8. The Hall–Kier alpha value is 4.36. The smallest absolute Gasteiger partial charge is 2.00 e. The zero-order valence-electron chi connectivity index (χ0n) is 3.02. The maximum absolute atomic E-state index is 0. The molecule has 0 fully saturated rings. The first-order chi connectivity index (χ1) is 0. The molecule has 2 nitrogen and oxygen atoms in total. The van der Waals surface area contributed by atoms with E-state index in [1.54, 1.807) is 0 Å². The van der Waals surface area contributed by atoms with Gasteiger partial charge >= 0.3 is 136 Å². The van der Waals surface area contributed by atoms with Crippen molar-refractivity contribution in [3.63, 3.8) is 0 Å². The van der Waals surface area contributed by atoms with Crippen LogP contribution in [0.5, 0.6) is 0 Å². The van der Waals surface area contributed by atoms with Gasteiger partial charge in [-0.2, -0.15) is 0 Å². The van der Waals surface area contributed by atoms with Crippen molar-refractivity contribution in [1.82, 2.24) is 0 Å². The van der Waals surface area contributed by atoms with Crippen molar-refractivity contribution >= 4 is 136 Å². The molecule has 0 aromatic heterocycles.